The van der Waals surface area contributed by atoms with Crippen molar-refractivity contribution in [1.82, 2.24) is 10.6 Å². The van der Waals surface area contributed by atoms with E-state index in [4.69, 9.17) is 5.26 Å². The van der Waals surface area contributed by atoms with Crippen LogP contribution in [-0.4, -0.2) is 30.9 Å². The van der Waals surface area contributed by atoms with Crippen LogP contribution in [0.1, 0.15) is 50.6 Å². The predicted octanol–water partition coefficient (Wildman–Crippen LogP) is 2.00. The highest BCUT2D eigenvalue weighted by atomic mass is 16.5. The SMILES string of the molecule is COC(=O)[C@H](CCCC#N)NC(=O)CCC(=O)N[C@H](C)c1ccccc1. The van der Waals surface area contributed by atoms with Crippen LogP contribution in [0.15, 0.2) is 30.3 Å². The Balaban J connectivity index is 2.42. The average molecular weight is 359 g/mol. The molecular formula is C19H25N3O4. The molecule has 0 heterocycles. The Morgan fingerprint density at radius 2 is 1.73 bits per heavy atom. The maximum atomic E-state index is 12.0. The van der Waals surface area contributed by atoms with Gasteiger partial charge >= 0.3 is 5.97 Å². The van der Waals surface area contributed by atoms with Gasteiger partial charge in [-0.2, -0.15) is 5.26 Å². The van der Waals surface area contributed by atoms with Gasteiger partial charge in [0.2, 0.25) is 11.8 Å². The summed E-state index contributed by atoms with van der Waals surface area (Å²) < 4.78 is 4.66. The van der Waals surface area contributed by atoms with Crippen molar-refractivity contribution in [2.45, 2.75) is 51.1 Å². The van der Waals surface area contributed by atoms with E-state index in [9.17, 15) is 14.4 Å². The summed E-state index contributed by atoms with van der Waals surface area (Å²) in [4.78, 5) is 35.7. The third kappa shape index (κ3) is 7.79. The van der Waals surface area contributed by atoms with Crippen LogP contribution in [0.25, 0.3) is 0 Å². The number of methoxy groups -OCH3 is 1. The van der Waals surface area contributed by atoms with Gasteiger partial charge in [0.15, 0.2) is 0 Å². The third-order valence-corrected chi connectivity index (χ3v) is 3.86. The first-order chi connectivity index (χ1) is 12.5. The molecule has 2 atom stereocenters. The molecule has 2 N–H and O–H groups in total. The van der Waals surface area contributed by atoms with Crippen molar-refractivity contribution < 1.29 is 19.1 Å². The van der Waals surface area contributed by atoms with E-state index in [0.29, 0.717) is 19.3 Å². The Morgan fingerprint density at radius 1 is 1.12 bits per heavy atom. The second kappa shape index (κ2) is 11.6. The molecular weight excluding hydrogens is 334 g/mol. The Kier molecular flexibility index (Phi) is 9.47. The fourth-order valence-electron chi connectivity index (χ4n) is 2.41. The summed E-state index contributed by atoms with van der Waals surface area (Å²) in [5.74, 6) is -1.20. The molecule has 0 fully saturated rings. The van der Waals surface area contributed by atoms with Crippen molar-refractivity contribution in [3.05, 3.63) is 35.9 Å². The van der Waals surface area contributed by atoms with Crippen LogP contribution in [-0.2, 0) is 19.1 Å². The van der Waals surface area contributed by atoms with Gasteiger partial charge in [-0.25, -0.2) is 4.79 Å². The molecule has 7 heteroatoms. The fourth-order valence-corrected chi connectivity index (χ4v) is 2.41. The van der Waals surface area contributed by atoms with Crippen LogP contribution in [0.4, 0.5) is 0 Å². The first kappa shape index (κ1) is 21.2. The topological polar surface area (TPSA) is 108 Å². The quantitative estimate of drug-likeness (QED) is 0.491. The minimum Gasteiger partial charge on any atom is -0.467 e. The summed E-state index contributed by atoms with van der Waals surface area (Å²) in [7, 11) is 1.24. The zero-order valence-corrected chi connectivity index (χ0v) is 15.2. The summed E-state index contributed by atoms with van der Waals surface area (Å²) in [6, 6.07) is 10.6. The van der Waals surface area contributed by atoms with E-state index in [1.807, 2.05) is 43.3 Å². The molecule has 1 aromatic rings. The Hall–Kier alpha value is -2.88. The number of carbonyl (C=O) groups excluding carboxylic acids is 3. The van der Waals surface area contributed by atoms with E-state index in [2.05, 4.69) is 15.4 Å². The van der Waals surface area contributed by atoms with Crippen molar-refractivity contribution in [2.75, 3.05) is 7.11 Å². The number of unbranched alkanes of at least 4 members (excludes halogenated alkanes) is 1. The molecule has 0 spiro atoms. The normalized spacial score (nSPS) is 12.3. The zero-order chi connectivity index (χ0) is 19.4. The lowest BCUT2D eigenvalue weighted by Crippen LogP contribution is -2.41. The molecule has 1 rings (SSSR count). The molecule has 140 valence electrons. The molecule has 0 unspecified atom stereocenters. The predicted molar refractivity (Wildman–Crippen MR) is 95.6 cm³/mol. The molecule has 0 saturated heterocycles. The maximum absolute atomic E-state index is 12.0. The molecule has 1 aromatic carbocycles. The van der Waals surface area contributed by atoms with Crippen LogP contribution in [0.5, 0.6) is 0 Å². The summed E-state index contributed by atoms with van der Waals surface area (Å²) in [5, 5.41) is 14.0. The van der Waals surface area contributed by atoms with Gasteiger partial charge in [-0.15, -0.1) is 0 Å². The number of rotatable bonds is 10. The van der Waals surface area contributed by atoms with Crippen LogP contribution in [0.2, 0.25) is 0 Å². The van der Waals surface area contributed by atoms with Gasteiger partial charge in [-0.05, 0) is 25.3 Å². The second-order valence-electron chi connectivity index (χ2n) is 5.89. The summed E-state index contributed by atoms with van der Waals surface area (Å²) in [6.07, 6.45) is 1.09. The van der Waals surface area contributed by atoms with Gasteiger partial charge in [0.05, 0.1) is 19.2 Å². The minimum absolute atomic E-state index is 0.0229. The Bertz CT molecular complexity index is 640. The average Bonchev–Trinajstić information content (AvgIpc) is 2.65. The Morgan fingerprint density at radius 3 is 2.31 bits per heavy atom. The summed E-state index contributed by atoms with van der Waals surface area (Å²) >= 11 is 0. The van der Waals surface area contributed by atoms with Crippen LogP contribution < -0.4 is 10.6 Å². The summed E-state index contributed by atoms with van der Waals surface area (Å²) in [5.41, 5.74) is 0.980. The van der Waals surface area contributed by atoms with Crippen molar-refractivity contribution in [3.8, 4) is 6.07 Å². The number of nitrogens with one attached hydrogen (secondary N) is 2. The van der Waals surface area contributed by atoms with Crippen LogP contribution in [0.3, 0.4) is 0 Å². The monoisotopic (exact) mass is 359 g/mol. The maximum Gasteiger partial charge on any atom is 0.328 e. The number of nitriles is 1. The number of esters is 1. The van der Waals surface area contributed by atoms with E-state index < -0.39 is 17.9 Å². The first-order valence-electron chi connectivity index (χ1n) is 8.56. The number of benzene rings is 1. The van der Waals surface area contributed by atoms with E-state index >= 15 is 0 Å². The highest BCUT2D eigenvalue weighted by Crippen LogP contribution is 2.11. The van der Waals surface area contributed by atoms with Crippen molar-refractivity contribution in [3.63, 3.8) is 0 Å². The molecule has 2 amide bonds. The van der Waals surface area contributed by atoms with E-state index in [1.165, 1.54) is 7.11 Å². The lowest BCUT2D eigenvalue weighted by molar-refractivity contribution is -0.145. The number of nitrogens with zero attached hydrogens (tertiary/aromatic N) is 1. The summed E-state index contributed by atoms with van der Waals surface area (Å²) in [6.45, 7) is 1.87. The first-order valence-corrected chi connectivity index (χ1v) is 8.56. The van der Waals surface area contributed by atoms with E-state index in [1.54, 1.807) is 0 Å². The minimum atomic E-state index is -0.799. The molecule has 0 aliphatic heterocycles. The van der Waals surface area contributed by atoms with Gasteiger partial charge in [-0.1, -0.05) is 30.3 Å². The number of amides is 2. The molecule has 0 aliphatic carbocycles. The molecule has 7 nitrogen and oxygen atoms in total. The number of carbonyl (C=O) groups is 3. The van der Waals surface area contributed by atoms with Gasteiger partial charge in [-0.3, -0.25) is 9.59 Å². The highest BCUT2D eigenvalue weighted by Gasteiger charge is 2.21. The van der Waals surface area contributed by atoms with Gasteiger partial charge in [0.25, 0.3) is 0 Å². The van der Waals surface area contributed by atoms with E-state index in [0.717, 1.165) is 5.56 Å². The molecule has 0 bridgehead atoms. The van der Waals surface area contributed by atoms with Crippen molar-refractivity contribution >= 4 is 17.8 Å². The van der Waals surface area contributed by atoms with Crippen molar-refractivity contribution in [2.24, 2.45) is 0 Å². The molecule has 0 aliphatic rings. The smallest absolute Gasteiger partial charge is 0.328 e. The van der Waals surface area contributed by atoms with Gasteiger partial charge in [0, 0.05) is 19.3 Å². The number of hydrogen-bond acceptors (Lipinski definition) is 5. The lowest BCUT2D eigenvalue weighted by atomic mass is 10.1. The van der Waals surface area contributed by atoms with Gasteiger partial charge in [0.1, 0.15) is 6.04 Å². The van der Waals surface area contributed by atoms with E-state index in [-0.39, 0.29) is 24.8 Å². The largest absolute Gasteiger partial charge is 0.467 e. The number of ether oxygens (including phenoxy) is 1. The Labute approximate surface area is 153 Å². The molecule has 0 saturated carbocycles. The van der Waals surface area contributed by atoms with Crippen LogP contribution >= 0.6 is 0 Å². The zero-order valence-electron chi connectivity index (χ0n) is 15.2. The van der Waals surface area contributed by atoms with Gasteiger partial charge < -0.3 is 15.4 Å². The number of hydrogen-bond donors (Lipinski definition) is 2. The highest BCUT2D eigenvalue weighted by molar-refractivity contribution is 5.87. The fraction of sp³-hybridized carbons (Fsp3) is 0.474. The standard InChI is InChI=1S/C19H25N3O4/c1-14(15-8-4-3-5-9-15)21-17(23)11-12-18(24)22-16(19(25)26-2)10-6-7-13-20/h3-5,8-9,14,16H,6-7,10-12H2,1-2H3,(H,21,23)(H,22,24)/t14-,16+/m1/s1. The molecule has 26 heavy (non-hydrogen) atoms. The molecule has 0 radical (unpaired) electrons. The molecule has 0 aromatic heterocycles. The third-order valence-electron chi connectivity index (χ3n) is 3.86. The van der Waals surface area contributed by atoms with Crippen LogP contribution in [0, 0.1) is 11.3 Å². The lowest BCUT2D eigenvalue weighted by Gasteiger charge is -2.16. The second-order valence-corrected chi connectivity index (χ2v) is 5.89. The van der Waals surface area contributed by atoms with Crippen molar-refractivity contribution in [1.29, 1.82) is 5.26 Å².